The molecule has 1 fully saturated rings. The largest absolute Gasteiger partial charge is 0.391 e. The molecule has 138 valence electrons. The molecule has 0 spiro atoms. The summed E-state index contributed by atoms with van der Waals surface area (Å²) in [5.74, 6) is 0.302. The summed E-state index contributed by atoms with van der Waals surface area (Å²) in [5.41, 5.74) is 1.80. The first-order valence-corrected chi connectivity index (χ1v) is 8.91. The third kappa shape index (κ3) is 4.19. The van der Waals surface area contributed by atoms with E-state index in [1.807, 2.05) is 37.3 Å². The molecule has 1 saturated heterocycles. The predicted octanol–water partition coefficient (Wildman–Crippen LogP) is 2.25. The molecule has 0 saturated carbocycles. The highest BCUT2D eigenvalue weighted by Gasteiger charge is 2.39. The lowest BCUT2D eigenvalue weighted by molar-refractivity contribution is -0.137. The normalized spacial score (nSPS) is 21.0. The number of hydrogen-bond acceptors (Lipinski definition) is 5. The fourth-order valence-electron chi connectivity index (χ4n) is 3.48. The van der Waals surface area contributed by atoms with Crippen LogP contribution in [0.3, 0.4) is 0 Å². The Morgan fingerprint density at radius 1 is 1.35 bits per heavy atom. The molecule has 1 aliphatic heterocycles. The molecule has 3 atom stereocenters. The summed E-state index contributed by atoms with van der Waals surface area (Å²) in [6.07, 6.45) is 0.0102. The fourth-order valence-corrected chi connectivity index (χ4v) is 3.48. The van der Waals surface area contributed by atoms with Crippen LogP contribution in [0.25, 0.3) is 0 Å². The molecular formula is C20H24N2O4. The zero-order valence-corrected chi connectivity index (χ0v) is 15.1. The van der Waals surface area contributed by atoms with Gasteiger partial charge in [0.05, 0.1) is 24.3 Å². The number of nitrogens with zero attached hydrogens (tertiary/aromatic N) is 2. The molecule has 6 nitrogen and oxygen atoms in total. The van der Waals surface area contributed by atoms with E-state index in [2.05, 4.69) is 5.16 Å². The van der Waals surface area contributed by atoms with Gasteiger partial charge in [-0.3, -0.25) is 9.59 Å². The Morgan fingerprint density at radius 3 is 2.73 bits per heavy atom. The lowest BCUT2D eigenvalue weighted by Gasteiger charge is -2.24. The first-order chi connectivity index (χ1) is 12.4. The van der Waals surface area contributed by atoms with E-state index >= 15 is 0 Å². The van der Waals surface area contributed by atoms with E-state index in [1.165, 1.54) is 4.90 Å². The second-order valence-corrected chi connectivity index (χ2v) is 7.04. The number of hydrogen-bond donors (Lipinski definition) is 1. The number of aryl methyl sites for hydroxylation is 1. The van der Waals surface area contributed by atoms with Crippen LogP contribution < -0.4 is 0 Å². The molecule has 0 bridgehead atoms. The number of β-amino-alcohol motifs (C(OH)–C–C–N with tert-alkyl or cyclic N) is 1. The summed E-state index contributed by atoms with van der Waals surface area (Å²) in [6.45, 7) is 3.97. The van der Waals surface area contributed by atoms with Crippen LogP contribution in [0.2, 0.25) is 0 Å². The van der Waals surface area contributed by atoms with Crippen LogP contribution in [-0.2, 0) is 16.0 Å². The highest BCUT2D eigenvalue weighted by Crippen LogP contribution is 2.26. The molecule has 1 aromatic heterocycles. The van der Waals surface area contributed by atoms with Crippen molar-refractivity contribution in [3.8, 4) is 0 Å². The Bertz CT molecular complexity index is 771. The van der Waals surface area contributed by atoms with Crippen LogP contribution in [-0.4, -0.2) is 45.5 Å². The lowest BCUT2D eigenvalue weighted by atomic mass is 9.92. The zero-order valence-electron chi connectivity index (χ0n) is 15.1. The minimum absolute atomic E-state index is 0.0139. The van der Waals surface area contributed by atoms with E-state index in [0.29, 0.717) is 24.3 Å². The first-order valence-electron chi connectivity index (χ1n) is 8.91. The number of aliphatic hydroxyl groups excluding tert-OH is 1. The first kappa shape index (κ1) is 18.3. The van der Waals surface area contributed by atoms with E-state index in [1.54, 1.807) is 13.0 Å². The molecule has 26 heavy (non-hydrogen) atoms. The van der Waals surface area contributed by atoms with Crippen molar-refractivity contribution in [1.82, 2.24) is 10.1 Å². The van der Waals surface area contributed by atoms with E-state index in [4.69, 9.17) is 4.52 Å². The molecule has 0 aliphatic carbocycles. The fraction of sp³-hybridized carbons (Fsp3) is 0.450. The third-order valence-electron chi connectivity index (χ3n) is 4.85. The predicted molar refractivity (Wildman–Crippen MR) is 95.5 cm³/mol. The quantitative estimate of drug-likeness (QED) is 0.858. The van der Waals surface area contributed by atoms with Crippen molar-refractivity contribution in [2.75, 3.05) is 6.54 Å². The van der Waals surface area contributed by atoms with Gasteiger partial charge in [-0.1, -0.05) is 42.4 Å². The van der Waals surface area contributed by atoms with Crippen molar-refractivity contribution in [3.63, 3.8) is 0 Å². The summed E-state index contributed by atoms with van der Waals surface area (Å²) < 4.78 is 5.09. The minimum atomic E-state index is -0.670. The highest BCUT2D eigenvalue weighted by atomic mass is 16.5. The lowest BCUT2D eigenvalue weighted by Crippen LogP contribution is -2.41. The summed E-state index contributed by atoms with van der Waals surface area (Å²) >= 11 is 0. The number of ketones is 1. The van der Waals surface area contributed by atoms with Gasteiger partial charge in [-0.25, -0.2) is 0 Å². The number of rotatable bonds is 6. The minimum Gasteiger partial charge on any atom is -0.391 e. The third-order valence-corrected chi connectivity index (χ3v) is 4.85. The summed E-state index contributed by atoms with van der Waals surface area (Å²) in [6, 6.07) is 11.0. The van der Waals surface area contributed by atoms with Crippen LogP contribution in [0.4, 0.5) is 0 Å². The van der Waals surface area contributed by atoms with Crippen LogP contribution in [0, 0.1) is 6.92 Å². The smallest absolute Gasteiger partial charge is 0.231 e. The maximum Gasteiger partial charge on any atom is 0.231 e. The standard InChI is InChI=1S/C20H24N2O4/c1-13(15-6-4-3-5-7-15)8-19(24)18-10-16(23)12-22(18)20(25)11-17-9-14(2)21-26-17/h3-7,9,13,16,18,23H,8,10-12H2,1-2H3/t13-,16-,18+/m1/s1. The number of carbonyl (C=O) groups is 2. The average molecular weight is 356 g/mol. The van der Waals surface area contributed by atoms with Gasteiger partial charge in [0.1, 0.15) is 5.76 Å². The van der Waals surface area contributed by atoms with Gasteiger partial charge >= 0.3 is 0 Å². The van der Waals surface area contributed by atoms with Crippen LogP contribution >= 0.6 is 0 Å². The van der Waals surface area contributed by atoms with Crippen molar-refractivity contribution in [1.29, 1.82) is 0 Å². The van der Waals surface area contributed by atoms with Crippen LogP contribution in [0.5, 0.6) is 0 Å². The van der Waals surface area contributed by atoms with E-state index in [-0.39, 0.29) is 30.6 Å². The number of Topliss-reactive ketones (excluding diaryl/α,β-unsaturated/α-hetero) is 1. The number of benzene rings is 1. The van der Waals surface area contributed by atoms with E-state index < -0.39 is 12.1 Å². The van der Waals surface area contributed by atoms with Crippen molar-refractivity contribution >= 4 is 11.7 Å². The van der Waals surface area contributed by atoms with Crippen molar-refractivity contribution < 1.29 is 19.2 Å². The molecule has 1 aromatic carbocycles. The van der Waals surface area contributed by atoms with Gasteiger partial charge in [0.2, 0.25) is 5.91 Å². The van der Waals surface area contributed by atoms with Crippen molar-refractivity contribution in [2.45, 2.75) is 51.2 Å². The Labute approximate surface area is 152 Å². The molecule has 1 aliphatic rings. The van der Waals surface area contributed by atoms with Gasteiger partial charge in [-0.2, -0.15) is 0 Å². The topological polar surface area (TPSA) is 83.6 Å². The Hall–Kier alpha value is -2.47. The molecule has 0 unspecified atom stereocenters. The molecular weight excluding hydrogens is 332 g/mol. The second kappa shape index (κ2) is 7.83. The van der Waals surface area contributed by atoms with Gasteiger partial charge < -0.3 is 14.5 Å². The number of aliphatic hydroxyl groups is 1. The van der Waals surface area contributed by atoms with Gasteiger partial charge in [-0.05, 0) is 18.4 Å². The van der Waals surface area contributed by atoms with Crippen LogP contribution in [0.1, 0.15) is 42.7 Å². The van der Waals surface area contributed by atoms with Gasteiger partial charge in [0.15, 0.2) is 5.78 Å². The van der Waals surface area contributed by atoms with E-state index in [0.717, 1.165) is 5.56 Å². The maximum atomic E-state index is 12.8. The molecule has 0 radical (unpaired) electrons. The average Bonchev–Trinajstić information content (AvgIpc) is 3.21. The van der Waals surface area contributed by atoms with Gasteiger partial charge in [-0.15, -0.1) is 0 Å². The summed E-state index contributed by atoms with van der Waals surface area (Å²) in [7, 11) is 0. The van der Waals surface area contributed by atoms with Crippen molar-refractivity contribution in [2.24, 2.45) is 0 Å². The zero-order chi connectivity index (χ0) is 18.7. The second-order valence-electron chi connectivity index (χ2n) is 7.04. The molecule has 1 N–H and O–H groups in total. The number of amides is 1. The van der Waals surface area contributed by atoms with Gasteiger partial charge in [0.25, 0.3) is 0 Å². The molecule has 2 heterocycles. The Balaban J connectivity index is 1.66. The maximum absolute atomic E-state index is 12.8. The summed E-state index contributed by atoms with van der Waals surface area (Å²) in [4.78, 5) is 26.9. The number of aromatic nitrogens is 1. The number of carbonyl (C=O) groups excluding carboxylic acids is 2. The molecule has 3 rings (SSSR count). The van der Waals surface area contributed by atoms with Gasteiger partial charge in [0, 0.05) is 25.5 Å². The van der Waals surface area contributed by atoms with Crippen molar-refractivity contribution in [3.05, 3.63) is 53.4 Å². The molecule has 1 amide bonds. The molecule has 6 heteroatoms. The van der Waals surface area contributed by atoms with Crippen LogP contribution in [0.15, 0.2) is 40.9 Å². The SMILES string of the molecule is Cc1cc(CC(=O)N2C[C@H](O)C[C@H]2C(=O)C[C@@H](C)c2ccccc2)on1. The Kier molecular flexibility index (Phi) is 5.52. The Morgan fingerprint density at radius 2 is 2.08 bits per heavy atom. The highest BCUT2D eigenvalue weighted by molar-refractivity contribution is 5.90. The monoisotopic (exact) mass is 356 g/mol. The molecule has 2 aromatic rings. The number of likely N-dealkylation sites (tertiary alicyclic amines) is 1. The van der Waals surface area contributed by atoms with E-state index in [9.17, 15) is 14.7 Å². The summed E-state index contributed by atoms with van der Waals surface area (Å²) in [5, 5.41) is 13.8.